The molecule has 3 N–H and O–H groups in total. The first-order valence-electron chi connectivity index (χ1n) is 9.08. The molecule has 2 aromatic rings. The van der Waals surface area contributed by atoms with Gasteiger partial charge in [-0.2, -0.15) is 0 Å². The topological polar surface area (TPSA) is 65.5 Å². The lowest BCUT2D eigenvalue weighted by Crippen LogP contribution is -2.37. The van der Waals surface area contributed by atoms with Crippen molar-refractivity contribution in [3.63, 3.8) is 0 Å². The Bertz CT molecular complexity index is 713. The van der Waals surface area contributed by atoms with E-state index in [1.165, 1.54) is 5.56 Å². The summed E-state index contributed by atoms with van der Waals surface area (Å²) in [7, 11) is 1.76. The second kappa shape index (κ2) is 10.9. The Morgan fingerprint density at radius 3 is 2.50 bits per heavy atom. The first-order valence-corrected chi connectivity index (χ1v) is 9.08. The maximum absolute atomic E-state index is 11.7. The summed E-state index contributed by atoms with van der Waals surface area (Å²) in [4.78, 5) is 16.0. The van der Waals surface area contributed by atoms with Crippen LogP contribution in [0.1, 0.15) is 30.9 Å². The van der Waals surface area contributed by atoms with Crippen LogP contribution in [0.2, 0.25) is 0 Å². The molecule has 0 bridgehead atoms. The summed E-state index contributed by atoms with van der Waals surface area (Å²) in [5.74, 6) is 0.817. The highest BCUT2D eigenvalue weighted by molar-refractivity contribution is 5.90. The van der Waals surface area contributed by atoms with Gasteiger partial charge in [0.05, 0.1) is 0 Å². The zero-order chi connectivity index (χ0) is 18.6. The number of benzene rings is 2. The fourth-order valence-electron chi connectivity index (χ4n) is 2.59. The Hall–Kier alpha value is -2.82. The van der Waals surface area contributed by atoms with Gasteiger partial charge in [0.1, 0.15) is 0 Å². The van der Waals surface area contributed by atoms with Crippen LogP contribution >= 0.6 is 0 Å². The highest BCUT2D eigenvalue weighted by Gasteiger charge is 2.03. The molecule has 0 spiro atoms. The van der Waals surface area contributed by atoms with E-state index in [0.29, 0.717) is 13.0 Å². The number of nitrogens with zero attached hydrogens (tertiary/aromatic N) is 1. The van der Waals surface area contributed by atoms with Gasteiger partial charge in [-0.1, -0.05) is 49.4 Å². The summed E-state index contributed by atoms with van der Waals surface area (Å²) in [5, 5.41) is 9.55. The molecule has 0 heterocycles. The number of carbonyl (C=O) groups excluding carboxylic acids is 1. The van der Waals surface area contributed by atoms with Crippen LogP contribution in [0.25, 0.3) is 0 Å². The minimum atomic E-state index is 0.0518. The van der Waals surface area contributed by atoms with Crippen molar-refractivity contribution in [3.05, 3.63) is 65.7 Å². The zero-order valence-electron chi connectivity index (χ0n) is 15.6. The van der Waals surface area contributed by atoms with Crippen LogP contribution in [0.4, 0.5) is 5.69 Å². The van der Waals surface area contributed by atoms with Crippen molar-refractivity contribution >= 4 is 17.6 Å². The minimum absolute atomic E-state index is 0.0518. The van der Waals surface area contributed by atoms with E-state index in [4.69, 9.17) is 0 Å². The standard InChI is InChI=1S/C21H28N4O/c1-3-8-20(26)25-19-12-7-11-18(15-19)16-24-21(22-2)23-14-13-17-9-5-4-6-10-17/h4-7,9-12,15H,3,8,13-14,16H2,1-2H3,(H,25,26)(H2,22,23,24). The molecule has 5 heteroatoms. The number of hydrogen-bond donors (Lipinski definition) is 3. The van der Waals surface area contributed by atoms with E-state index in [1.807, 2.05) is 37.3 Å². The maximum Gasteiger partial charge on any atom is 0.224 e. The number of amides is 1. The summed E-state index contributed by atoms with van der Waals surface area (Å²) in [5.41, 5.74) is 3.21. The van der Waals surface area contributed by atoms with Crippen LogP contribution in [-0.4, -0.2) is 25.5 Å². The molecule has 0 saturated carbocycles. The van der Waals surface area contributed by atoms with Crippen LogP contribution in [0.3, 0.4) is 0 Å². The van der Waals surface area contributed by atoms with E-state index in [2.05, 4.69) is 45.2 Å². The molecule has 138 valence electrons. The van der Waals surface area contributed by atoms with Crippen molar-refractivity contribution in [2.24, 2.45) is 4.99 Å². The van der Waals surface area contributed by atoms with Crippen LogP contribution in [-0.2, 0) is 17.8 Å². The van der Waals surface area contributed by atoms with Gasteiger partial charge in [-0.15, -0.1) is 0 Å². The number of rotatable bonds is 8. The van der Waals surface area contributed by atoms with Crippen molar-refractivity contribution in [3.8, 4) is 0 Å². The van der Waals surface area contributed by atoms with Gasteiger partial charge in [0.15, 0.2) is 5.96 Å². The third-order valence-corrected chi connectivity index (χ3v) is 3.92. The zero-order valence-corrected chi connectivity index (χ0v) is 15.6. The Kier molecular flexibility index (Phi) is 8.19. The number of anilines is 1. The molecule has 0 fully saturated rings. The van der Waals surface area contributed by atoms with Crippen LogP contribution in [0.15, 0.2) is 59.6 Å². The molecule has 0 aliphatic heterocycles. The lowest BCUT2D eigenvalue weighted by Gasteiger charge is -2.13. The summed E-state index contributed by atoms with van der Waals surface area (Å²) >= 11 is 0. The third-order valence-electron chi connectivity index (χ3n) is 3.92. The molecular formula is C21H28N4O. The SMILES string of the molecule is CCCC(=O)Nc1cccc(CNC(=NC)NCCc2ccccc2)c1. The van der Waals surface area contributed by atoms with Gasteiger partial charge in [-0.05, 0) is 36.1 Å². The molecule has 5 nitrogen and oxygen atoms in total. The lowest BCUT2D eigenvalue weighted by atomic mass is 10.1. The van der Waals surface area contributed by atoms with Gasteiger partial charge in [0.25, 0.3) is 0 Å². The molecule has 0 saturated heterocycles. The molecule has 0 unspecified atom stereocenters. The van der Waals surface area contributed by atoms with Gasteiger partial charge >= 0.3 is 0 Å². The molecule has 1 amide bonds. The smallest absolute Gasteiger partial charge is 0.224 e. The van der Waals surface area contributed by atoms with Crippen molar-refractivity contribution in [1.82, 2.24) is 10.6 Å². The van der Waals surface area contributed by atoms with Crippen LogP contribution in [0.5, 0.6) is 0 Å². The summed E-state index contributed by atoms with van der Waals surface area (Å²) in [6.45, 7) is 3.45. The monoisotopic (exact) mass is 352 g/mol. The lowest BCUT2D eigenvalue weighted by molar-refractivity contribution is -0.116. The largest absolute Gasteiger partial charge is 0.356 e. The maximum atomic E-state index is 11.7. The van der Waals surface area contributed by atoms with Gasteiger partial charge in [-0.25, -0.2) is 0 Å². The Balaban J connectivity index is 1.79. The fraction of sp³-hybridized carbons (Fsp3) is 0.333. The predicted molar refractivity (Wildman–Crippen MR) is 108 cm³/mol. The van der Waals surface area contributed by atoms with Gasteiger partial charge in [0, 0.05) is 32.2 Å². The number of aliphatic imine (C=N–C) groups is 1. The molecule has 0 aliphatic carbocycles. The van der Waals surface area contributed by atoms with E-state index in [1.54, 1.807) is 7.05 Å². The van der Waals surface area contributed by atoms with E-state index >= 15 is 0 Å². The molecule has 2 rings (SSSR count). The fourth-order valence-corrected chi connectivity index (χ4v) is 2.59. The second-order valence-corrected chi connectivity index (χ2v) is 6.09. The average Bonchev–Trinajstić information content (AvgIpc) is 2.66. The quantitative estimate of drug-likeness (QED) is 0.504. The third kappa shape index (κ3) is 6.97. The van der Waals surface area contributed by atoms with Crippen molar-refractivity contribution < 1.29 is 4.79 Å². The van der Waals surface area contributed by atoms with E-state index in [-0.39, 0.29) is 5.91 Å². The second-order valence-electron chi connectivity index (χ2n) is 6.09. The van der Waals surface area contributed by atoms with E-state index in [9.17, 15) is 4.79 Å². The Labute approximate surface area is 155 Å². The highest BCUT2D eigenvalue weighted by atomic mass is 16.1. The summed E-state index contributed by atoms with van der Waals surface area (Å²) in [6.07, 6.45) is 2.33. The van der Waals surface area contributed by atoms with Gasteiger partial charge in [-0.3, -0.25) is 9.79 Å². The molecule has 0 aliphatic rings. The summed E-state index contributed by atoms with van der Waals surface area (Å²) < 4.78 is 0. The Morgan fingerprint density at radius 2 is 1.77 bits per heavy atom. The molecule has 0 radical (unpaired) electrons. The van der Waals surface area contributed by atoms with Crippen LogP contribution in [0, 0.1) is 0 Å². The number of carbonyl (C=O) groups is 1. The molecular weight excluding hydrogens is 324 g/mol. The number of nitrogens with one attached hydrogen (secondary N) is 3. The molecule has 0 atom stereocenters. The first kappa shape index (κ1) is 19.5. The van der Waals surface area contributed by atoms with E-state index < -0.39 is 0 Å². The number of hydrogen-bond acceptors (Lipinski definition) is 2. The van der Waals surface area contributed by atoms with Gasteiger partial charge < -0.3 is 16.0 Å². The van der Waals surface area contributed by atoms with Crippen molar-refractivity contribution in [1.29, 1.82) is 0 Å². The van der Waals surface area contributed by atoms with Crippen molar-refractivity contribution in [2.45, 2.75) is 32.7 Å². The molecule has 0 aromatic heterocycles. The minimum Gasteiger partial charge on any atom is -0.356 e. The number of guanidine groups is 1. The van der Waals surface area contributed by atoms with Crippen LogP contribution < -0.4 is 16.0 Å². The van der Waals surface area contributed by atoms with E-state index in [0.717, 1.165) is 36.6 Å². The first-order chi connectivity index (χ1) is 12.7. The molecule has 26 heavy (non-hydrogen) atoms. The van der Waals surface area contributed by atoms with Crippen molar-refractivity contribution in [2.75, 3.05) is 18.9 Å². The Morgan fingerprint density at radius 1 is 1.00 bits per heavy atom. The highest BCUT2D eigenvalue weighted by Crippen LogP contribution is 2.11. The summed E-state index contributed by atoms with van der Waals surface area (Å²) in [6, 6.07) is 18.2. The predicted octanol–water partition coefficient (Wildman–Crippen LogP) is 3.33. The van der Waals surface area contributed by atoms with Gasteiger partial charge in [0.2, 0.25) is 5.91 Å². The molecule has 2 aromatic carbocycles. The average molecular weight is 352 g/mol. The normalized spacial score (nSPS) is 11.1.